The van der Waals surface area contributed by atoms with Crippen molar-refractivity contribution in [2.45, 2.75) is 17.0 Å². The van der Waals surface area contributed by atoms with E-state index in [1.54, 1.807) is 0 Å². The third-order valence-electron chi connectivity index (χ3n) is 4.29. The molecule has 0 aliphatic rings. The highest BCUT2D eigenvalue weighted by Gasteiger charge is 2.26. The van der Waals surface area contributed by atoms with Crippen LogP contribution in [0, 0.1) is 17.0 Å². The van der Waals surface area contributed by atoms with Gasteiger partial charge in [-0.3, -0.25) is 24.5 Å². The Hall–Kier alpha value is -3.03. The topological polar surface area (TPSA) is 135 Å². The number of rotatable bonds is 9. The van der Waals surface area contributed by atoms with Gasteiger partial charge in [-0.1, -0.05) is 59.5 Å². The minimum absolute atomic E-state index is 0.0632. The number of carbonyl (C=O) groups is 1. The molecule has 1 amide bonds. The molecule has 168 valence electrons. The van der Waals surface area contributed by atoms with E-state index in [4.69, 9.17) is 0 Å². The van der Waals surface area contributed by atoms with E-state index in [9.17, 15) is 23.3 Å². The minimum Gasteiger partial charge on any atom is -0.299 e. The Morgan fingerprint density at radius 3 is 2.56 bits per heavy atom. The average Bonchev–Trinajstić information content (AvgIpc) is 3.18. The summed E-state index contributed by atoms with van der Waals surface area (Å²) in [5.41, 5.74) is 1.09. The predicted molar refractivity (Wildman–Crippen MR) is 125 cm³/mol. The minimum atomic E-state index is -3.89. The number of nitrogens with zero attached hydrogens (tertiary/aromatic N) is 4. The van der Waals surface area contributed by atoms with Crippen molar-refractivity contribution in [1.82, 2.24) is 10.2 Å². The summed E-state index contributed by atoms with van der Waals surface area (Å²) >= 11 is 2.64. The average molecular weight is 494 g/mol. The molecule has 13 heteroatoms. The van der Waals surface area contributed by atoms with Gasteiger partial charge < -0.3 is 0 Å². The Balaban J connectivity index is 1.70. The highest BCUT2D eigenvalue weighted by atomic mass is 32.2. The molecule has 1 N–H and O–H groups in total. The van der Waals surface area contributed by atoms with Crippen molar-refractivity contribution in [1.29, 1.82) is 0 Å². The summed E-state index contributed by atoms with van der Waals surface area (Å²) in [6.45, 7) is 0.872. The lowest BCUT2D eigenvalue weighted by Crippen LogP contribution is -2.38. The summed E-state index contributed by atoms with van der Waals surface area (Å²) in [6.07, 6.45) is 0.932. The van der Waals surface area contributed by atoms with E-state index < -0.39 is 27.4 Å². The number of amides is 1. The molecule has 10 nitrogen and oxygen atoms in total. The lowest BCUT2D eigenvalue weighted by Gasteiger charge is -2.23. The molecule has 2 aromatic carbocycles. The van der Waals surface area contributed by atoms with Crippen LogP contribution in [0.15, 0.2) is 52.9 Å². The Labute approximate surface area is 192 Å². The van der Waals surface area contributed by atoms with E-state index >= 15 is 0 Å². The van der Waals surface area contributed by atoms with Crippen LogP contribution in [0.2, 0.25) is 0 Å². The van der Waals surface area contributed by atoms with Crippen molar-refractivity contribution >= 4 is 55.5 Å². The fourth-order valence-electron chi connectivity index (χ4n) is 2.79. The van der Waals surface area contributed by atoms with E-state index in [1.807, 2.05) is 30.3 Å². The van der Waals surface area contributed by atoms with Crippen LogP contribution in [0.3, 0.4) is 0 Å². The second-order valence-electron chi connectivity index (χ2n) is 6.64. The maximum Gasteiger partial charge on any atom is 0.274 e. The zero-order chi connectivity index (χ0) is 23.3. The van der Waals surface area contributed by atoms with Crippen LogP contribution in [0.1, 0.15) is 11.1 Å². The smallest absolute Gasteiger partial charge is 0.274 e. The van der Waals surface area contributed by atoms with Gasteiger partial charge in [0.15, 0.2) is 4.34 Å². The number of carbonyl (C=O) groups excluding carboxylic acids is 1. The molecule has 0 unspecified atom stereocenters. The lowest BCUT2D eigenvalue weighted by atomic mass is 10.1. The summed E-state index contributed by atoms with van der Waals surface area (Å²) in [6, 6.07) is 13.9. The number of nitro benzene ring substituents is 1. The second-order valence-corrected chi connectivity index (χ2v) is 10.8. The van der Waals surface area contributed by atoms with E-state index in [0.717, 1.165) is 16.1 Å². The lowest BCUT2D eigenvalue weighted by molar-refractivity contribution is -0.385. The monoisotopic (exact) mass is 493 g/mol. The van der Waals surface area contributed by atoms with Gasteiger partial charge in [-0.25, -0.2) is 8.42 Å². The molecule has 0 saturated heterocycles. The Bertz CT molecular complexity index is 1230. The molecular formula is C19H19N5O5S3. The van der Waals surface area contributed by atoms with Gasteiger partial charge >= 0.3 is 0 Å². The largest absolute Gasteiger partial charge is 0.299 e. The highest BCUT2D eigenvalue weighted by molar-refractivity contribution is 8.00. The summed E-state index contributed by atoms with van der Waals surface area (Å²) in [7, 11) is -3.89. The van der Waals surface area contributed by atoms with Crippen LogP contribution in [0.25, 0.3) is 0 Å². The summed E-state index contributed by atoms with van der Waals surface area (Å²) in [5.74, 6) is 0.0502. The number of anilines is 2. The molecule has 0 atom stereocenters. The van der Waals surface area contributed by atoms with Crippen LogP contribution in [-0.4, -0.2) is 42.2 Å². The third kappa shape index (κ3) is 6.02. The second kappa shape index (κ2) is 10.1. The number of thioether (sulfide) groups is 1. The van der Waals surface area contributed by atoms with Crippen LogP contribution in [0.5, 0.6) is 0 Å². The first-order chi connectivity index (χ1) is 15.1. The molecule has 0 spiro atoms. The molecule has 0 radical (unpaired) electrons. The van der Waals surface area contributed by atoms with E-state index in [0.29, 0.717) is 10.1 Å². The van der Waals surface area contributed by atoms with Gasteiger partial charge in [0.1, 0.15) is 6.54 Å². The van der Waals surface area contributed by atoms with Crippen molar-refractivity contribution in [2.75, 3.05) is 22.4 Å². The third-order valence-corrected chi connectivity index (χ3v) is 7.46. The molecular weight excluding hydrogens is 474 g/mol. The highest BCUT2D eigenvalue weighted by Crippen LogP contribution is 2.30. The van der Waals surface area contributed by atoms with Crippen LogP contribution < -0.4 is 9.62 Å². The first-order valence-electron chi connectivity index (χ1n) is 9.17. The Morgan fingerprint density at radius 2 is 1.91 bits per heavy atom. The molecule has 0 aliphatic heterocycles. The molecule has 3 rings (SSSR count). The van der Waals surface area contributed by atoms with Gasteiger partial charge in [-0.15, -0.1) is 10.2 Å². The predicted octanol–water partition coefficient (Wildman–Crippen LogP) is 3.45. The number of hydrogen-bond donors (Lipinski definition) is 1. The van der Waals surface area contributed by atoms with E-state index in [2.05, 4.69) is 15.5 Å². The number of aromatic nitrogens is 2. The molecule has 0 bridgehead atoms. The summed E-state index contributed by atoms with van der Waals surface area (Å²) in [4.78, 5) is 23.1. The van der Waals surface area contributed by atoms with Gasteiger partial charge in [-0.05, 0) is 18.6 Å². The van der Waals surface area contributed by atoms with Gasteiger partial charge in [-0.2, -0.15) is 0 Å². The van der Waals surface area contributed by atoms with Crippen molar-refractivity contribution in [3.8, 4) is 0 Å². The van der Waals surface area contributed by atoms with E-state index in [1.165, 1.54) is 48.2 Å². The summed E-state index contributed by atoms with van der Waals surface area (Å²) < 4.78 is 26.1. The first kappa shape index (κ1) is 23.6. The number of sulfonamides is 1. The fourth-order valence-corrected chi connectivity index (χ4v) is 5.42. The molecule has 3 aromatic rings. The first-order valence-corrected chi connectivity index (χ1v) is 12.8. The maximum atomic E-state index is 12.5. The maximum absolute atomic E-state index is 12.5. The molecule has 32 heavy (non-hydrogen) atoms. The Kier molecular flexibility index (Phi) is 7.43. The number of nitrogens with one attached hydrogen (secondary N) is 1. The van der Waals surface area contributed by atoms with Crippen LogP contribution >= 0.6 is 23.1 Å². The van der Waals surface area contributed by atoms with Gasteiger partial charge in [0.2, 0.25) is 21.1 Å². The van der Waals surface area contributed by atoms with Gasteiger partial charge in [0.05, 0.1) is 22.4 Å². The van der Waals surface area contributed by atoms with Crippen LogP contribution in [-0.2, 0) is 20.6 Å². The zero-order valence-electron chi connectivity index (χ0n) is 17.1. The molecule has 1 aromatic heterocycles. The molecule has 0 saturated carbocycles. The Morgan fingerprint density at radius 1 is 1.19 bits per heavy atom. The van der Waals surface area contributed by atoms with Crippen molar-refractivity contribution in [3.05, 3.63) is 69.8 Å². The SMILES string of the molecule is Cc1c(N(CC(=O)Nc2nnc(SCc3ccccc3)s2)S(C)(=O)=O)cccc1[N+](=O)[O-]. The van der Waals surface area contributed by atoms with E-state index in [-0.39, 0.29) is 22.1 Å². The van der Waals surface area contributed by atoms with Crippen molar-refractivity contribution in [3.63, 3.8) is 0 Å². The van der Waals surface area contributed by atoms with Gasteiger partial charge in [0.25, 0.3) is 5.69 Å². The quantitative estimate of drug-likeness (QED) is 0.207. The summed E-state index contributed by atoms with van der Waals surface area (Å²) in [5, 5.41) is 21.9. The normalized spacial score (nSPS) is 11.2. The number of hydrogen-bond acceptors (Lipinski definition) is 9. The molecule has 0 aliphatic carbocycles. The van der Waals surface area contributed by atoms with Gasteiger partial charge in [0, 0.05) is 11.8 Å². The van der Waals surface area contributed by atoms with Crippen molar-refractivity contribution < 1.29 is 18.1 Å². The fraction of sp³-hybridized carbons (Fsp3) is 0.211. The number of nitro groups is 1. The molecule has 1 heterocycles. The zero-order valence-corrected chi connectivity index (χ0v) is 19.5. The van der Waals surface area contributed by atoms with Crippen LogP contribution in [0.4, 0.5) is 16.5 Å². The molecule has 0 fully saturated rings. The standard InChI is InChI=1S/C19H19N5O5S3/c1-13-15(9-6-10-16(13)24(26)27)23(32(2,28)29)11-17(25)20-18-21-22-19(31-18)30-12-14-7-4-3-5-8-14/h3-10H,11-12H2,1-2H3,(H,20,21,25). The number of benzene rings is 2. The van der Waals surface area contributed by atoms with Crippen molar-refractivity contribution in [2.24, 2.45) is 0 Å².